The summed E-state index contributed by atoms with van der Waals surface area (Å²) in [6.07, 6.45) is 1.01. The van der Waals surface area contributed by atoms with Gasteiger partial charge in [0.05, 0.1) is 18.2 Å². The molecule has 0 aliphatic carbocycles. The Morgan fingerprint density at radius 2 is 1.81 bits per heavy atom. The van der Waals surface area contributed by atoms with Gasteiger partial charge in [-0.15, -0.1) is 0 Å². The van der Waals surface area contributed by atoms with Gasteiger partial charge in [-0.05, 0) is 43.8 Å². The molecule has 0 unspecified atom stereocenters. The Hall–Kier alpha value is -1.33. The number of aliphatic hydroxyl groups excluding tert-OH is 1. The summed E-state index contributed by atoms with van der Waals surface area (Å²) in [5, 5.41) is 15.8. The number of rotatable bonds is 9. The highest BCUT2D eigenvalue weighted by Crippen LogP contribution is 2.28. The zero-order chi connectivity index (χ0) is 14.9. The van der Waals surface area contributed by atoms with Gasteiger partial charge in [0, 0.05) is 12.1 Å². The van der Waals surface area contributed by atoms with Crippen molar-refractivity contribution in [2.75, 3.05) is 26.2 Å². The average Bonchev–Trinajstić information content (AvgIpc) is 2.95. The van der Waals surface area contributed by atoms with Gasteiger partial charge in [0.2, 0.25) is 0 Å². The van der Waals surface area contributed by atoms with Crippen LogP contribution >= 0.6 is 11.6 Å². The van der Waals surface area contributed by atoms with E-state index in [4.69, 9.17) is 21.1 Å². The van der Waals surface area contributed by atoms with E-state index in [9.17, 15) is 0 Å². The highest BCUT2D eigenvalue weighted by molar-refractivity contribution is 6.33. The maximum Gasteiger partial charge on any atom is 0.135 e. The smallest absolute Gasteiger partial charge is 0.135 e. The minimum Gasteiger partial charge on any atom is -0.460 e. The molecule has 4 nitrogen and oxygen atoms in total. The summed E-state index contributed by atoms with van der Waals surface area (Å²) in [6, 6.07) is 11.6. The first-order chi connectivity index (χ1) is 10.3. The lowest BCUT2D eigenvalue weighted by Gasteiger charge is -2.04. The minimum atomic E-state index is 0.185. The quantitative estimate of drug-likeness (QED) is 0.623. The SMILES string of the molecule is OCCNCCCNCc1ccc(-c2ccccc2Cl)o1. The van der Waals surface area contributed by atoms with Crippen molar-refractivity contribution >= 4 is 11.6 Å². The third kappa shape index (κ3) is 5.17. The highest BCUT2D eigenvalue weighted by atomic mass is 35.5. The molecule has 0 saturated carbocycles. The van der Waals surface area contributed by atoms with Gasteiger partial charge in [0.1, 0.15) is 11.5 Å². The normalized spacial score (nSPS) is 11.0. The number of benzene rings is 1. The summed E-state index contributed by atoms with van der Waals surface area (Å²) in [6.45, 7) is 3.34. The van der Waals surface area contributed by atoms with Crippen LogP contribution in [0.5, 0.6) is 0 Å². The first-order valence-corrected chi connectivity index (χ1v) is 7.55. The summed E-state index contributed by atoms with van der Waals surface area (Å²) in [5.74, 6) is 1.69. The van der Waals surface area contributed by atoms with Crippen LogP contribution in [0.3, 0.4) is 0 Å². The lowest BCUT2D eigenvalue weighted by molar-refractivity contribution is 0.292. The van der Waals surface area contributed by atoms with Crippen molar-refractivity contribution in [1.29, 1.82) is 0 Å². The molecule has 0 saturated heterocycles. The molecule has 1 aromatic heterocycles. The largest absolute Gasteiger partial charge is 0.460 e. The van der Waals surface area contributed by atoms with Crippen LogP contribution in [0.1, 0.15) is 12.2 Å². The van der Waals surface area contributed by atoms with Gasteiger partial charge >= 0.3 is 0 Å². The van der Waals surface area contributed by atoms with Crippen molar-refractivity contribution in [2.24, 2.45) is 0 Å². The van der Waals surface area contributed by atoms with Crippen molar-refractivity contribution in [3.63, 3.8) is 0 Å². The Morgan fingerprint density at radius 1 is 1.00 bits per heavy atom. The molecule has 5 heteroatoms. The molecule has 0 spiro atoms. The molecule has 1 heterocycles. The van der Waals surface area contributed by atoms with Crippen LogP contribution in [-0.4, -0.2) is 31.3 Å². The molecule has 3 N–H and O–H groups in total. The lowest BCUT2D eigenvalue weighted by atomic mass is 10.2. The zero-order valence-electron chi connectivity index (χ0n) is 11.9. The van der Waals surface area contributed by atoms with Gasteiger partial charge in [-0.2, -0.15) is 0 Å². The maximum absolute atomic E-state index is 8.63. The molecular formula is C16H21ClN2O2. The number of hydrogen-bond acceptors (Lipinski definition) is 4. The van der Waals surface area contributed by atoms with Crippen LogP contribution in [-0.2, 0) is 6.54 Å². The van der Waals surface area contributed by atoms with E-state index in [1.165, 1.54) is 0 Å². The van der Waals surface area contributed by atoms with Crippen LogP contribution in [0.15, 0.2) is 40.8 Å². The molecule has 2 aromatic rings. The Labute approximate surface area is 130 Å². The molecule has 0 bridgehead atoms. The predicted molar refractivity (Wildman–Crippen MR) is 85.4 cm³/mol. The van der Waals surface area contributed by atoms with Gasteiger partial charge in [0.25, 0.3) is 0 Å². The monoisotopic (exact) mass is 308 g/mol. The van der Waals surface area contributed by atoms with Crippen molar-refractivity contribution in [3.05, 3.63) is 47.2 Å². The molecule has 0 radical (unpaired) electrons. The predicted octanol–water partition coefficient (Wildman–Crippen LogP) is 2.66. The Kier molecular flexibility index (Phi) is 6.76. The number of halogens is 1. The van der Waals surface area contributed by atoms with Crippen LogP contribution in [0.2, 0.25) is 5.02 Å². The Bertz CT molecular complexity index is 543. The summed E-state index contributed by atoms with van der Waals surface area (Å²) in [5.41, 5.74) is 0.915. The molecule has 2 rings (SSSR count). The van der Waals surface area contributed by atoms with E-state index in [0.717, 1.165) is 36.6 Å². The van der Waals surface area contributed by atoms with E-state index < -0.39 is 0 Å². The molecular weight excluding hydrogens is 288 g/mol. The average molecular weight is 309 g/mol. The summed E-state index contributed by atoms with van der Waals surface area (Å²) < 4.78 is 5.80. The third-order valence-electron chi connectivity index (χ3n) is 3.10. The molecule has 0 fully saturated rings. The zero-order valence-corrected chi connectivity index (χ0v) is 12.7. The van der Waals surface area contributed by atoms with E-state index >= 15 is 0 Å². The molecule has 0 aliphatic heterocycles. The minimum absolute atomic E-state index is 0.185. The lowest BCUT2D eigenvalue weighted by Crippen LogP contribution is -2.23. The van der Waals surface area contributed by atoms with Crippen LogP contribution < -0.4 is 10.6 Å². The number of hydrogen-bond donors (Lipinski definition) is 3. The van der Waals surface area contributed by atoms with E-state index in [1.54, 1.807) is 0 Å². The summed E-state index contributed by atoms with van der Waals surface area (Å²) in [7, 11) is 0. The molecule has 1 aromatic carbocycles. The summed E-state index contributed by atoms with van der Waals surface area (Å²) in [4.78, 5) is 0. The first-order valence-electron chi connectivity index (χ1n) is 7.17. The van der Waals surface area contributed by atoms with Crippen LogP contribution in [0.4, 0.5) is 0 Å². The molecule has 21 heavy (non-hydrogen) atoms. The van der Waals surface area contributed by atoms with Crippen molar-refractivity contribution in [3.8, 4) is 11.3 Å². The van der Waals surface area contributed by atoms with E-state index in [-0.39, 0.29) is 6.61 Å². The standard InChI is InChI=1S/C16H21ClN2O2/c17-15-5-2-1-4-14(15)16-7-6-13(21-16)12-19-9-3-8-18-10-11-20/h1-2,4-7,18-20H,3,8-12H2. The number of nitrogens with one attached hydrogen (secondary N) is 2. The van der Waals surface area contributed by atoms with E-state index in [2.05, 4.69) is 10.6 Å². The fraction of sp³-hybridized carbons (Fsp3) is 0.375. The Morgan fingerprint density at radius 3 is 2.62 bits per heavy atom. The number of furan rings is 1. The van der Waals surface area contributed by atoms with Gasteiger partial charge in [-0.3, -0.25) is 0 Å². The molecule has 0 amide bonds. The molecule has 0 aliphatic rings. The summed E-state index contributed by atoms with van der Waals surface area (Å²) >= 11 is 6.15. The topological polar surface area (TPSA) is 57.4 Å². The third-order valence-corrected chi connectivity index (χ3v) is 3.43. The van der Waals surface area contributed by atoms with E-state index in [0.29, 0.717) is 18.1 Å². The second-order valence-corrected chi connectivity index (χ2v) is 5.16. The van der Waals surface area contributed by atoms with Crippen molar-refractivity contribution < 1.29 is 9.52 Å². The second-order valence-electron chi connectivity index (χ2n) is 4.75. The fourth-order valence-electron chi connectivity index (χ4n) is 2.03. The van der Waals surface area contributed by atoms with Gasteiger partial charge in [0.15, 0.2) is 0 Å². The van der Waals surface area contributed by atoms with E-state index in [1.807, 2.05) is 36.4 Å². The maximum atomic E-state index is 8.63. The van der Waals surface area contributed by atoms with Gasteiger partial charge in [-0.25, -0.2) is 0 Å². The van der Waals surface area contributed by atoms with Crippen molar-refractivity contribution in [2.45, 2.75) is 13.0 Å². The first kappa shape index (κ1) is 16.0. The fourth-order valence-corrected chi connectivity index (χ4v) is 2.26. The molecule has 114 valence electrons. The second kappa shape index (κ2) is 8.85. The number of aliphatic hydroxyl groups is 1. The van der Waals surface area contributed by atoms with Crippen molar-refractivity contribution in [1.82, 2.24) is 10.6 Å². The van der Waals surface area contributed by atoms with Crippen LogP contribution in [0, 0.1) is 0 Å². The van der Waals surface area contributed by atoms with Crippen LogP contribution in [0.25, 0.3) is 11.3 Å². The highest BCUT2D eigenvalue weighted by Gasteiger charge is 2.07. The molecule has 0 atom stereocenters. The van der Waals surface area contributed by atoms with Gasteiger partial charge in [-0.1, -0.05) is 23.7 Å². The Balaban J connectivity index is 1.75. The van der Waals surface area contributed by atoms with Gasteiger partial charge < -0.3 is 20.2 Å².